The molecular weight excluding hydrogens is 821 g/mol. The fourth-order valence-electron chi connectivity index (χ4n) is 9.82. The van der Waals surface area contributed by atoms with Gasteiger partial charge in [-0.3, -0.25) is 29.5 Å². The zero-order chi connectivity index (χ0) is 42.7. The van der Waals surface area contributed by atoms with Crippen LogP contribution < -0.4 is 19.8 Å². The molecule has 4 aliphatic rings. The summed E-state index contributed by atoms with van der Waals surface area (Å²) in [5, 5.41) is 23.3. The highest BCUT2D eigenvalue weighted by molar-refractivity contribution is 6.36. The molecule has 1 saturated carbocycles. The Balaban J connectivity index is 1.21. The van der Waals surface area contributed by atoms with Crippen molar-refractivity contribution in [3.63, 3.8) is 0 Å². The largest absolute Gasteiger partial charge is 0.508 e. The Morgan fingerprint density at radius 1 is 0.836 bits per heavy atom. The number of carbonyl (C=O) groups is 5. The number of carboxylic acids is 1. The number of nitrogens with zero attached hydrogens (tertiary/aromatic N) is 2. The van der Waals surface area contributed by atoms with Crippen molar-refractivity contribution in [3.8, 4) is 17.2 Å². The summed E-state index contributed by atoms with van der Waals surface area (Å²) >= 11 is 12.8. The quantitative estimate of drug-likeness (QED) is 0.0923. The van der Waals surface area contributed by atoms with Crippen LogP contribution in [0.4, 0.5) is 11.4 Å². The first-order chi connectivity index (χ1) is 29.4. The second-order valence-corrected chi connectivity index (χ2v) is 16.4. The summed E-state index contributed by atoms with van der Waals surface area (Å²) < 4.78 is 11.6. The van der Waals surface area contributed by atoms with E-state index in [1.807, 2.05) is 36.4 Å². The molecule has 2 saturated heterocycles. The van der Waals surface area contributed by atoms with E-state index >= 15 is 9.59 Å². The van der Waals surface area contributed by atoms with Crippen LogP contribution in [0.5, 0.6) is 17.2 Å². The second kappa shape index (κ2) is 15.4. The third-order valence-corrected chi connectivity index (χ3v) is 13.0. The van der Waals surface area contributed by atoms with E-state index < -0.39 is 64.6 Å². The third-order valence-electron chi connectivity index (χ3n) is 12.5. The predicted molar refractivity (Wildman–Crippen MR) is 225 cm³/mol. The molecule has 5 aromatic rings. The minimum atomic E-state index is -1.71. The summed E-state index contributed by atoms with van der Waals surface area (Å²) in [6.07, 6.45) is 1.96. The number of imide groups is 2. The highest BCUT2D eigenvalue weighted by Crippen LogP contribution is 2.65. The minimum absolute atomic E-state index is 0.0201. The highest BCUT2D eigenvalue weighted by Gasteiger charge is 2.70. The molecule has 4 amide bonds. The molecule has 12 nitrogen and oxygen atoms in total. The Hall–Kier alpha value is -6.63. The normalized spacial score (nSPS) is 24.2. The van der Waals surface area contributed by atoms with Crippen LogP contribution >= 0.6 is 23.2 Å². The van der Waals surface area contributed by atoms with Crippen molar-refractivity contribution in [2.24, 2.45) is 23.7 Å². The van der Waals surface area contributed by atoms with Gasteiger partial charge in [0.15, 0.2) is 0 Å². The minimum Gasteiger partial charge on any atom is -0.508 e. The number of halogens is 2. The molecule has 0 bridgehead atoms. The van der Waals surface area contributed by atoms with Gasteiger partial charge in [0.2, 0.25) is 11.8 Å². The number of amides is 4. The molecule has 0 spiro atoms. The van der Waals surface area contributed by atoms with Crippen LogP contribution in [0.3, 0.4) is 0 Å². The van der Waals surface area contributed by atoms with Crippen molar-refractivity contribution in [1.29, 1.82) is 0 Å². The number of phenols is 1. The molecule has 3 N–H and O–H groups in total. The van der Waals surface area contributed by atoms with Gasteiger partial charge in [0.1, 0.15) is 23.9 Å². The van der Waals surface area contributed by atoms with E-state index in [9.17, 15) is 24.6 Å². The lowest BCUT2D eigenvalue weighted by molar-refractivity contribution is -0.138. The van der Waals surface area contributed by atoms with E-state index in [0.717, 1.165) is 15.5 Å². The smallest absolute Gasteiger partial charge is 0.335 e. The molecule has 5 aromatic carbocycles. The lowest BCUT2D eigenvalue weighted by atomic mass is 9.49. The topological polar surface area (TPSA) is 163 Å². The van der Waals surface area contributed by atoms with Gasteiger partial charge in [-0.2, -0.15) is 5.01 Å². The van der Waals surface area contributed by atoms with Crippen molar-refractivity contribution < 1.29 is 43.7 Å². The molecule has 6 atom stereocenters. The standard InChI is InChI=1S/C47H37Cl2N3O9/c1-60-30-13-10-27(11-14-30)47-36(43(55)52(46(47)59)50-38-19-12-28(48)21-37(38)49)23-35-32(41(47)33-16-15-31(22-39(33)53)61-24-25-6-3-2-4-7-25)17-18-34-40(35)44(56)51(42(34)54)29-9-5-8-26(20-29)45(57)58/h2-17,19-22,34-36,40-41,50,53H,18,23-24H2,1H3,(H,57,58)/t34-,35+,36-,40-,41+,47+/m0/s1. The number of benzene rings is 5. The first-order valence-corrected chi connectivity index (χ1v) is 20.3. The molecule has 3 fully saturated rings. The third kappa shape index (κ3) is 6.48. The molecule has 0 radical (unpaired) electrons. The van der Waals surface area contributed by atoms with Gasteiger partial charge in [0, 0.05) is 22.6 Å². The van der Waals surface area contributed by atoms with E-state index in [1.165, 1.54) is 43.5 Å². The van der Waals surface area contributed by atoms with E-state index in [0.29, 0.717) is 33.2 Å². The summed E-state index contributed by atoms with van der Waals surface area (Å²) in [6.45, 7) is 0.222. The number of hydrazine groups is 1. The number of carbonyl (C=O) groups excluding carboxylic acids is 4. The molecule has 2 aliphatic heterocycles. The lowest BCUT2D eigenvalue weighted by Crippen LogP contribution is -2.53. The molecule has 14 heteroatoms. The van der Waals surface area contributed by atoms with Gasteiger partial charge in [-0.05, 0) is 84.5 Å². The Kier molecular flexibility index (Phi) is 10.1. The maximum Gasteiger partial charge on any atom is 0.335 e. The molecule has 0 unspecified atom stereocenters. The second-order valence-electron chi connectivity index (χ2n) is 15.6. The Morgan fingerprint density at radius 3 is 2.30 bits per heavy atom. The van der Waals surface area contributed by atoms with Crippen molar-refractivity contribution in [3.05, 3.63) is 159 Å². The predicted octanol–water partition coefficient (Wildman–Crippen LogP) is 8.17. The number of ether oxygens (including phenoxy) is 2. The van der Waals surface area contributed by atoms with E-state index in [4.69, 9.17) is 32.7 Å². The number of aromatic carboxylic acids is 1. The summed E-state index contributed by atoms with van der Waals surface area (Å²) in [5.74, 6) is -7.59. The molecule has 61 heavy (non-hydrogen) atoms. The highest BCUT2D eigenvalue weighted by atomic mass is 35.5. The van der Waals surface area contributed by atoms with Crippen LogP contribution in [-0.4, -0.2) is 51.9 Å². The summed E-state index contributed by atoms with van der Waals surface area (Å²) in [5.41, 5.74) is 3.80. The number of rotatable bonds is 10. The molecular formula is C47H37Cl2N3O9. The Labute approximate surface area is 359 Å². The van der Waals surface area contributed by atoms with Crippen molar-refractivity contribution in [1.82, 2.24) is 5.01 Å². The Bertz CT molecular complexity index is 2670. The van der Waals surface area contributed by atoms with E-state index in [1.54, 1.807) is 48.5 Å². The fourth-order valence-corrected chi connectivity index (χ4v) is 10.3. The summed E-state index contributed by atoms with van der Waals surface area (Å²) in [4.78, 5) is 72.6. The number of anilines is 2. The molecule has 0 aromatic heterocycles. The summed E-state index contributed by atoms with van der Waals surface area (Å²) in [7, 11) is 1.51. The first kappa shape index (κ1) is 39.8. The number of hydrogen-bond acceptors (Lipinski definition) is 9. The van der Waals surface area contributed by atoms with Crippen LogP contribution in [0.15, 0.2) is 127 Å². The molecule has 308 valence electrons. The van der Waals surface area contributed by atoms with Gasteiger partial charge in [0.25, 0.3) is 11.8 Å². The molecule has 9 rings (SSSR count). The average molecular weight is 859 g/mol. The van der Waals surface area contributed by atoms with Crippen LogP contribution in [0.1, 0.15) is 45.8 Å². The van der Waals surface area contributed by atoms with Crippen LogP contribution in [-0.2, 0) is 31.2 Å². The average Bonchev–Trinajstić information content (AvgIpc) is 3.64. The fraction of sp³-hybridized carbons (Fsp3) is 0.213. The van der Waals surface area contributed by atoms with Gasteiger partial charge in [-0.15, -0.1) is 0 Å². The zero-order valence-electron chi connectivity index (χ0n) is 32.5. The van der Waals surface area contributed by atoms with Gasteiger partial charge < -0.3 is 19.7 Å². The lowest BCUT2D eigenvalue weighted by Gasteiger charge is -2.50. The Morgan fingerprint density at radius 2 is 1.59 bits per heavy atom. The number of phenolic OH excluding ortho intramolecular Hbond substituents is 1. The molecule has 2 aliphatic carbocycles. The number of carboxylic acid groups (broad SMARTS) is 1. The van der Waals surface area contributed by atoms with Crippen molar-refractivity contribution in [2.45, 2.75) is 30.8 Å². The number of hydrogen-bond donors (Lipinski definition) is 3. The van der Waals surface area contributed by atoms with Gasteiger partial charge >= 0.3 is 5.97 Å². The first-order valence-electron chi connectivity index (χ1n) is 19.6. The van der Waals surface area contributed by atoms with E-state index in [-0.39, 0.29) is 47.2 Å². The van der Waals surface area contributed by atoms with E-state index in [2.05, 4.69) is 5.43 Å². The number of fused-ring (bicyclic) bond motifs is 4. The number of methoxy groups -OCH3 is 1. The number of allylic oxidation sites excluding steroid dienone is 2. The van der Waals surface area contributed by atoms with Crippen LogP contribution in [0, 0.1) is 23.7 Å². The maximum absolute atomic E-state index is 15.6. The van der Waals surface area contributed by atoms with Crippen LogP contribution in [0.2, 0.25) is 10.0 Å². The van der Waals surface area contributed by atoms with Gasteiger partial charge in [-0.1, -0.05) is 89.4 Å². The van der Waals surface area contributed by atoms with Crippen LogP contribution in [0.25, 0.3) is 0 Å². The number of nitrogens with one attached hydrogen (secondary N) is 1. The van der Waals surface area contributed by atoms with Crippen molar-refractivity contribution in [2.75, 3.05) is 17.4 Å². The maximum atomic E-state index is 15.6. The van der Waals surface area contributed by atoms with Crippen molar-refractivity contribution >= 4 is 64.2 Å². The van der Waals surface area contributed by atoms with Gasteiger partial charge in [0.05, 0.1) is 52.2 Å². The monoisotopic (exact) mass is 857 g/mol. The zero-order valence-corrected chi connectivity index (χ0v) is 34.0. The number of aromatic hydroxyl groups is 1. The SMILES string of the molecule is COc1ccc([C@@]23C(=O)N(Nc4ccc(Cl)cc4Cl)C(=O)[C@@H]2C[C@@H]2C(=CC[C@@H]4C(=O)N(c5cccc(C(=O)O)c5)C(=O)[C@@H]42)[C@@H]3c2ccc(OCc3ccccc3)cc2O)cc1. The molecule has 2 heterocycles. The summed E-state index contributed by atoms with van der Waals surface area (Å²) in [6, 6.07) is 31.4. The van der Waals surface area contributed by atoms with Gasteiger partial charge in [-0.25, -0.2) is 4.79 Å².